The van der Waals surface area contributed by atoms with E-state index in [0.717, 1.165) is 38.8 Å². The van der Waals surface area contributed by atoms with Gasteiger partial charge in [-0.25, -0.2) is 0 Å². The number of methoxy groups -OCH3 is 1. The van der Waals surface area contributed by atoms with Gasteiger partial charge < -0.3 is 20.5 Å². The molecule has 88 valence electrons. The van der Waals surface area contributed by atoms with Gasteiger partial charge in [-0.1, -0.05) is 0 Å². The first-order valence-electron chi connectivity index (χ1n) is 5.72. The fraction of sp³-hybridized carbons (Fsp3) is 1.00. The van der Waals surface area contributed by atoms with Gasteiger partial charge in [0.05, 0.1) is 11.7 Å². The molecule has 0 amide bonds. The van der Waals surface area contributed by atoms with Crippen LogP contribution in [0.15, 0.2) is 0 Å². The normalized spacial score (nSPS) is 41.2. The molecule has 0 spiro atoms. The van der Waals surface area contributed by atoms with Crippen LogP contribution in [0.2, 0.25) is 0 Å². The third-order valence-electron chi connectivity index (χ3n) is 4.26. The smallest absolute Gasteiger partial charge is 0.0852 e. The van der Waals surface area contributed by atoms with Crippen molar-refractivity contribution in [2.75, 3.05) is 27.2 Å². The standard InChI is InChI=1S/C11H22N2O2/c1-13-5-3-11(14,4-6-13)10(12)7-9(8-10)15-2/h9,14H,3-8,12H2,1-2H3. The molecule has 0 aromatic heterocycles. The average molecular weight is 214 g/mol. The fourth-order valence-corrected chi connectivity index (χ4v) is 2.79. The van der Waals surface area contributed by atoms with Crippen LogP contribution in [0.25, 0.3) is 0 Å². The largest absolute Gasteiger partial charge is 0.388 e. The highest BCUT2D eigenvalue weighted by Gasteiger charge is 2.56. The first-order valence-corrected chi connectivity index (χ1v) is 5.72. The minimum absolute atomic E-state index is 0.249. The number of rotatable bonds is 2. The number of nitrogens with zero attached hydrogens (tertiary/aromatic N) is 1. The molecular formula is C11H22N2O2. The lowest BCUT2D eigenvalue weighted by atomic mass is 9.61. The first-order chi connectivity index (χ1) is 6.99. The van der Waals surface area contributed by atoms with Crippen LogP contribution in [-0.2, 0) is 4.74 Å². The van der Waals surface area contributed by atoms with E-state index in [4.69, 9.17) is 10.5 Å². The molecule has 0 radical (unpaired) electrons. The lowest BCUT2D eigenvalue weighted by Crippen LogP contribution is -2.71. The van der Waals surface area contributed by atoms with Gasteiger partial charge in [-0.05, 0) is 32.7 Å². The molecule has 2 aliphatic rings. The summed E-state index contributed by atoms with van der Waals surface area (Å²) in [6, 6.07) is 0. The maximum Gasteiger partial charge on any atom is 0.0852 e. The zero-order valence-electron chi connectivity index (χ0n) is 9.70. The molecule has 0 atom stereocenters. The maximum absolute atomic E-state index is 10.6. The van der Waals surface area contributed by atoms with Gasteiger partial charge in [-0.2, -0.15) is 0 Å². The van der Waals surface area contributed by atoms with Crippen molar-refractivity contribution >= 4 is 0 Å². The van der Waals surface area contributed by atoms with Gasteiger partial charge in [0.1, 0.15) is 0 Å². The van der Waals surface area contributed by atoms with Crippen molar-refractivity contribution < 1.29 is 9.84 Å². The van der Waals surface area contributed by atoms with Crippen molar-refractivity contribution in [2.24, 2.45) is 5.73 Å². The number of nitrogens with two attached hydrogens (primary N) is 1. The molecule has 1 saturated heterocycles. The Hall–Kier alpha value is -0.160. The molecule has 1 aliphatic carbocycles. The molecule has 1 saturated carbocycles. The Balaban J connectivity index is 1.98. The van der Waals surface area contributed by atoms with Gasteiger partial charge in [-0.3, -0.25) is 0 Å². The molecule has 2 rings (SSSR count). The molecule has 3 N–H and O–H groups in total. The van der Waals surface area contributed by atoms with E-state index in [9.17, 15) is 5.11 Å². The van der Waals surface area contributed by atoms with Crippen LogP contribution in [-0.4, -0.2) is 54.5 Å². The second kappa shape index (κ2) is 3.70. The third-order valence-corrected chi connectivity index (χ3v) is 4.26. The minimum atomic E-state index is -0.672. The highest BCUT2D eigenvalue weighted by atomic mass is 16.5. The predicted molar refractivity (Wildman–Crippen MR) is 58.6 cm³/mol. The zero-order valence-corrected chi connectivity index (χ0v) is 9.70. The monoisotopic (exact) mass is 214 g/mol. The lowest BCUT2D eigenvalue weighted by molar-refractivity contribution is -0.147. The van der Waals surface area contributed by atoms with Crippen molar-refractivity contribution in [3.8, 4) is 0 Å². The summed E-state index contributed by atoms with van der Waals surface area (Å²) in [5.41, 5.74) is 5.19. The van der Waals surface area contributed by atoms with Crippen molar-refractivity contribution in [1.82, 2.24) is 4.90 Å². The van der Waals surface area contributed by atoms with Crippen LogP contribution in [0.3, 0.4) is 0 Å². The summed E-state index contributed by atoms with van der Waals surface area (Å²) in [5.74, 6) is 0. The summed E-state index contributed by atoms with van der Waals surface area (Å²) in [7, 11) is 3.80. The molecule has 15 heavy (non-hydrogen) atoms. The Kier molecular flexibility index (Phi) is 2.79. The second-order valence-electron chi connectivity index (χ2n) is 5.26. The quantitative estimate of drug-likeness (QED) is 0.676. The summed E-state index contributed by atoms with van der Waals surface area (Å²) in [6.45, 7) is 1.88. The summed E-state index contributed by atoms with van der Waals surface area (Å²) in [4.78, 5) is 2.24. The Morgan fingerprint density at radius 2 is 1.87 bits per heavy atom. The van der Waals surface area contributed by atoms with E-state index in [-0.39, 0.29) is 6.10 Å². The average Bonchev–Trinajstić information content (AvgIpc) is 2.17. The fourth-order valence-electron chi connectivity index (χ4n) is 2.79. The molecule has 4 nitrogen and oxygen atoms in total. The van der Waals surface area contributed by atoms with Gasteiger partial charge >= 0.3 is 0 Å². The van der Waals surface area contributed by atoms with Crippen molar-refractivity contribution in [1.29, 1.82) is 0 Å². The van der Waals surface area contributed by atoms with E-state index in [0.29, 0.717) is 0 Å². The van der Waals surface area contributed by atoms with Gasteiger partial charge in [0.2, 0.25) is 0 Å². The number of likely N-dealkylation sites (tertiary alicyclic amines) is 1. The SMILES string of the molecule is COC1CC(N)(C2(O)CCN(C)CC2)C1. The maximum atomic E-state index is 10.6. The molecule has 0 bridgehead atoms. The van der Waals surface area contributed by atoms with E-state index in [1.807, 2.05) is 0 Å². The van der Waals surface area contributed by atoms with E-state index >= 15 is 0 Å². The Morgan fingerprint density at radius 3 is 2.33 bits per heavy atom. The van der Waals surface area contributed by atoms with Crippen LogP contribution < -0.4 is 5.73 Å². The van der Waals surface area contributed by atoms with Crippen LogP contribution in [0.4, 0.5) is 0 Å². The summed E-state index contributed by atoms with van der Waals surface area (Å²) < 4.78 is 5.24. The van der Waals surface area contributed by atoms with Crippen LogP contribution in [0.5, 0.6) is 0 Å². The van der Waals surface area contributed by atoms with Crippen LogP contribution in [0, 0.1) is 0 Å². The van der Waals surface area contributed by atoms with Crippen LogP contribution in [0.1, 0.15) is 25.7 Å². The van der Waals surface area contributed by atoms with E-state index < -0.39 is 11.1 Å². The lowest BCUT2D eigenvalue weighted by Gasteiger charge is -2.56. The molecule has 0 unspecified atom stereocenters. The van der Waals surface area contributed by atoms with Crippen molar-refractivity contribution in [3.63, 3.8) is 0 Å². The number of hydrogen-bond acceptors (Lipinski definition) is 4. The number of ether oxygens (including phenoxy) is 1. The van der Waals surface area contributed by atoms with Gasteiger partial charge in [-0.15, -0.1) is 0 Å². The highest BCUT2D eigenvalue weighted by molar-refractivity contribution is 5.13. The predicted octanol–water partition coefficient (Wildman–Crippen LogP) is -0.0506. The number of piperidine rings is 1. The van der Waals surface area contributed by atoms with Crippen molar-refractivity contribution in [3.05, 3.63) is 0 Å². The van der Waals surface area contributed by atoms with Crippen LogP contribution >= 0.6 is 0 Å². The Morgan fingerprint density at radius 1 is 1.33 bits per heavy atom. The second-order valence-corrected chi connectivity index (χ2v) is 5.26. The van der Waals surface area contributed by atoms with E-state index in [2.05, 4.69) is 11.9 Å². The topological polar surface area (TPSA) is 58.7 Å². The Labute approximate surface area is 91.4 Å². The molecule has 0 aromatic carbocycles. The van der Waals surface area contributed by atoms with E-state index in [1.165, 1.54) is 0 Å². The Bertz CT molecular complexity index is 231. The van der Waals surface area contributed by atoms with Gasteiger partial charge in [0.25, 0.3) is 0 Å². The highest BCUT2D eigenvalue weighted by Crippen LogP contribution is 2.44. The zero-order chi connectivity index (χ0) is 11.1. The molecular weight excluding hydrogens is 192 g/mol. The summed E-state index contributed by atoms with van der Waals surface area (Å²) in [6.07, 6.45) is 3.42. The van der Waals surface area contributed by atoms with Crippen molar-refractivity contribution in [2.45, 2.75) is 42.9 Å². The molecule has 0 aromatic rings. The van der Waals surface area contributed by atoms with Gasteiger partial charge in [0, 0.05) is 25.7 Å². The van der Waals surface area contributed by atoms with Gasteiger partial charge in [0.15, 0.2) is 0 Å². The summed E-state index contributed by atoms with van der Waals surface area (Å²) >= 11 is 0. The third kappa shape index (κ3) is 1.80. The molecule has 1 heterocycles. The molecule has 2 fully saturated rings. The molecule has 4 heteroatoms. The molecule has 1 aliphatic heterocycles. The summed E-state index contributed by atoms with van der Waals surface area (Å²) in [5, 5.41) is 10.6. The number of hydrogen-bond donors (Lipinski definition) is 2. The first kappa shape index (κ1) is 11.3. The van der Waals surface area contributed by atoms with E-state index in [1.54, 1.807) is 7.11 Å². The number of aliphatic hydroxyl groups is 1. The minimum Gasteiger partial charge on any atom is -0.388 e.